The van der Waals surface area contributed by atoms with Crippen molar-refractivity contribution in [3.63, 3.8) is 0 Å². The molecule has 1 aliphatic heterocycles. The van der Waals surface area contributed by atoms with Crippen LogP contribution in [0.4, 0.5) is 0 Å². The molecule has 1 fully saturated rings. The summed E-state index contributed by atoms with van der Waals surface area (Å²) in [6.45, 7) is 7.40. The van der Waals surface area contributed by atoms with Crippen molar-refractivity contribution >= 4 is 46.6 Å². The molecular formula is C30H42Cl3N5O2. The molecule has 10 heteroatoms. The number of rotatable bonds is 13. The van der Waals surface area contributed by atoms with E-state index in [2.05, 4.69) is 12.2 Å². The lowest BCUT2D eigenvalue weighted by molar-refractivity contribution is -0.143. The van der Waals surface area contributed by atoms with Gasteiger partial charge in [0.15, 0.2) is 0 Å². The Labute approximate surface area is 253 Å². The van der Waals surface area contributed by atoms with Crippen LogP contribution in [-0.4, -0.2) is 60.4 Å². The third-order valence-corrected chi connectivity index (χ3v) is 8.32. The van der Waals surface area contributed by atoms with Gasteiger partial charge in [0.25, 0.3) is 0 Å². The first kappa shape index (κ1) is 32.6. The molecule has 3 atom stereocenters. The summed E-state index contributed by atoms with van der Waals surface area (Å²) in [7, 11) is 0. The van der Waals surface area contributed by atoms with E-state index < -0.39 is 12.1 Å². The van der Waals surface area contributed by atoms with Gasteiger partial charge in [0.2, 0.25) is 11.8 Å². The number of piperazine rings is 1. The predicted molar refractivity (Wildman–Crippen MR) is 165 cm³/mol. The number of unbranched alkanes of at least 4 members (excludes halogenated alkanes) is 1. The van der Waals surface area contributed by atoms with E-state index in [0.29, 0.717) is 40.3 Å². The van der Waals surface area contributed by atoms with Crippen LogP contribution >= 0.6 is 34.8 Å². The summed E-state index contributed by atoms with van der Waals surface area (Å²) in [4.78, 5) is 30.5. The van der Waals surface area contributed by atoms with Crippen LogP contribution < -0.4 is 16.8 Å². The highest BCUT2D eigenvalue weighted by atomic mass is 35.5. The third kappa shape index (κ3) is 9.33. The van der Waals surface area contributed by atoms with E-state index in [1.54, 1.807) is 18.2 Å². The van der Waals surface area contributed by atoms with Gasteiger partial charge >= 0.3 is 0 Å². The van der Waals surface area contributed by atoms with E-state index in [-0.39, 0.29) is 30.7 Å². The number of hydrogen-bond donors (Lipinski definition) is 3. The molecule has 40 heavy (non-hydrogen) atoms. The lowest BCUT2D eigenvalue weighted by Gasteiger charge is -2.42. The van der Waals surface area contributed by atoms with Crippen molar-refractivity contribution in [1.29, 1.82) is 0 Å². The zero-order chi connectivity index (χ0) is 29.2. The first-order valence-corrected chi connectivity index (χ1v) is 15.2. The number of nitrogens with zero attached hydrogens (tertiary/aromatic N) is 2. The van der Waals surface area contributed by atoms with E-state index in [4.69, 9.17) is 46.3 Å². The van der Waals surface area contributed by atoms with Gasteiger partial charge in [0.1, 0.15) is 0 Å². The topological polar surface area (TPSA) is 105 Å². The zero-order valence-corrected chi connectivity index (χ0v) is 25.7. The number of benzene rings is 2. The van der Waals surface area contributed by atoms with Crippen LogP contribution in [0.15, 0.2) is 36.4 Å². The maximum Gasteiger partial charge on any atom is 0.224 e. The Kier molecular flexibility index (Phi) is 13.0. The first-order valence-electron chi connectivity index (χ1n) is 14.1. The van der Waals surface area contributed by atoms with E-state index in [0.717, 1.165) is 49.9 Å². The third-order valence-electron chi connectivity index (χ3n) is 7.43. The smallest absolute Gasteiger partial charge is 0.224 e. The van der Waals surface area contributed by atoms with Crippen molar-refractivity contribution < 1.29 is 9.59 Å². The van der Waals surface area contributed by atoms with Crippen molar-refractivity contribution in [2.24, 2.45) is 11.5 Å². The minimum Gasteiger partial charge on any atom is -0.339 e. The molecule has 7 nitrogen and oxygen atoms in total. The van der Waals surface area contributed by atoms with Crippen molar-refractivity contribution in [2.75, 3.05) is 32.7 Å². The van der Waals surface area contributed by atoms with Crippen LogP contribution in [0.3, 0.4) is 0 Å². The van der Waals surface area contributed by atoms with Gasteiger partial charge in [-0.05, 0) is 74.2 Å². The number of nitrogens with one attached hydrogen (secondary N) is 1. The highest BCUT2D eigenvalue weighted by Gasteiger charge is 2.33. The maximum absolute atomic E-state index is 13.5. The Morgan fingerprint density at radius 2 is 1.57 bits per heavy atom. The number of aryl methyl sites for hydroxylation is 1. The molecule has 1 aliphatic rings. The van der Waals surface area contributed by atoms with Crippen molar-refractivity contribution in [3.05, 3.63) is 68.2 Å². The second-order valence-corrected chi connectivity index (χ2v) is 11.9. The van der Waals surface area contributed by atoms with Gasteiger partial charge in [0.05, 0.1) is 0 Å². The molecule has 0 aromatic heterocycles. The lowest BCUT2D eigenvalue weighted by atomic mass is 9.99. The molecule has 0 bridgehead atoms. The molecular weight excluding hydrogens is 569 g/mol. The fourth-order valence-corrected chi connectivity index (χ4v) is 6.09. The van der Waals surface area contributed by atoms with E-state index >= 15 is 0 Å². The average Bonchev–Trinajstić information content (AvgIpc) is 2.90. The van der Waals surface area contributed by atoms with E-state index in [1.807, 2.05) is 34.9 Å². The Bertz CT molecular complexity index is 1150. The van der Waals surface area contributed by atoms with Crippen LogP contribution in [0.25, 0.3) is 0 Å². The van der Waals surface area contributed by atoms with Crippen molar-refractivity contribution in [2.45, 2.75) is 70.5 Å². The molecule has 0 spiro atoms. The van der Waals surface area contributed by atoms with Crippen molar-refractivity contribution in [1.82, 2.24) is 15.1 Å². The zero-order valence-electron chi connectivity index (χ0n) is 23.5. The summed E-state index contributed by atoms with van der Waals surface area (Å²) >= 11 is 18.8. The van der Waals surface area contributed by atoms with Gasteiger partial charge in [-0.3, -0.25) is 9.59 Å². The summed E-state index contributed by atoms with van der Waals surface area (Å²) in [5.74, 6) is -0.0710. The van der Waals surface area contributed by atoms with Gasteiger partial charge in [-0.15, -0.1) is 0 Å². The lowest BCUT2D eigenvalue weighted by Crippen LogP contribution is -2.57. The normalized spacial score (nSPS) is 17.1. The van der Waals surface area contributed by atoms with Crippen LogP contribution in [-0.2, 0) is 9.59 Å². The maximum atomic E-state index is 13.5. The van der Waals surface area contributed by atoms with Gasteiger partial charge in [-0.2, -0.15) is 0 Å². The summed E-state index contributed by atoms with van der Waals surface area (Å²) < 4.78 is 0. The highest BCUT2D eigenvalue weighted by Crippen LogP contribution is 2.29. The Hall–Kier alpha value is -1.87. The molecule has 1 saturated heterocycles. The summed E-state index contributed by atoms with van der Waals surface area (Å²) in [5.41, 5.74) is 15.3. The van der Waals surface area contributed by atoms with Crippen LogP contribution in [0.5, 0.6) is 0 Å². The molecule has 2 amide bonds. The number of hydrogen-bond acceptors (Lipinski definition) is 5. The standard InChI is InChI=1S/C30H42Cl3N5O2/c1-3-11-36-12-5-4-6-22-19-37(29(39)17-27(34)23-9-7-20(2)15-25(23)32)13-14-38(22)30(40)18-28(35)24-10-8-21(31)16-26(24)33/h7-10,15-16,22,27-28,36H,3-6,11-14,17-19,34-35H2,1-2H3/t22-,27+,28+/m0/s1. The number of amides is 2. The predicted octanol–water partition coefficient (Wildman–Crippen LogP) is 5.64. The Morgan fingerprint density at radius 1 is 0.925 bits per heavy atom. The molecule has 0 radical (unpaired) electrons. The largest absolute Gasteiger partial charge is 0.339 e. The molecule has 2 aromatic rings. The van der Waals surface area contributed by atoms with Gasteiger partial charge in [-0.25, -0.2) is 0 Å². The quantitative estimate of drug-likeness (QED) is 0.255. The van der Waals surface area contributed by atoms with Crippen LogP contribution in [0.1, 0.15) is 74.2 Å². The molecule has 0 saturated carbocycles. The van der Waals surface area contributed by atoms with Crippen LogP contribution in [0, 0.1) is 6.92 Å². The first-order chi connectivity index (χ1) is 19.1. The number of halogens is 3. The van der Waals surface area contributed by atoms with Gasteiger partial charge < -0.3 is 26.6 Å². The molecule has 2 aromatic carbocycles. The second-order valence-electron chi connectivity index (χ2n) is 10.6. The Morgan fingerprint density at radius 3 is 2.23 bits per heavy atom. The molecule has 1 heterocycles. The Balaban J connectivity index is 1.65. The fraction of sp³-hybridized carbons (Fsp3) is 0.533. The summed E-state index contributed by atoms with van der Waals surface area (Å²) in [5, 5.41) is 4.96. The van der Waals surface area contributed by atoms with Gasteiger partial charge in [0, 0.05) is 65.7 Å². The molecule has 5 N–H and O–H groups in total. The summed E-state index contributed by atoms with van der Waals surface area (Å²) in [6, 6.07) is 9.68. The SMILES string of the molecule is CCCNCCCC[C@H]1CN(C(=O)C[C@@H](N)c2ccc(C)cc2Cl)CCN1C(=O)C[C@@H](N)c1ccc(Cl)cc1Cl. The molecule has 0 unspecified atom stereocenters. The molecule has 220 valence electrons. The number of nitrogens with two attached hydrogens (primary N) is 2. The van der Waals surface area contributed by atoms with Crippen molar-refractivity contribution in [3.8, 4) is 0 Å². The second kappa shape index (κ2) is 15.9. The minimum atomic E-state index is -0.548. The van der Waals surface area contributed by atoms with E-state index in [1.165, 1.54) is 0 Å². The highest BCUT2D eigenvalue weighted by molar-refractivity contribution is 6.35. The fourth-order valence-electron chi connectivity index (χ4n) is 5.17. The molecule has 0 aliphatic carbocycles. The van der Waals surface area contributed by atoms with Crippen LogP contribution in [0.2, 0.25) is 15.1 Å². The van der Waals surface area contributed by atoms with Gasteiger partial charge in [-0.1, -0.05) is 66.3 Å². The minimum absolute atomic E-state index is 0.0319. The summed E-state index contributed by atoms with van der Waals surface area (Å²) in [6.07, 6.45) is 4.13. The molecule has 3 rings (SSSR count). The van der Waals surface area contributed by atoms with E-state index in [9.17, 15) is 9.59 Å². The number of carbonyl (C=O) groups excluding carboxylic acids is 2. The average molecular weight is 611 g/mol. The monoisotopic (exact) mass is 609 g/mol. The number of carbonyl (C=O) groups is 2.